The number of nitrogens with zero attached hydrogens (tertiary/aromatic N) is 1. The minimum absolute atomic E-state index is 0.126. The highest BCUT2D eigenvalue weighted by atomic mass is 19.4. The quantitative estimate of drug-likeness (QED) is 0.297. The molecule has 0 bridgehead atoms. The van der Waals surface area contributed by atoms with E-state index in [4.69, 9.17) is 22.3 Å². The van der Waals surface area contributed by atoms with E-state index in [1.807, 2.05) is 0 Å². The molecule has 0 aliphatic rings. The lowest BCUT2D eigenvalue weighted by atomic mass is 10.00. The third-order valence-corrected chi connectivity index (χ3v) is 3.94. The number of allylic oxidation sites excluding steroid dienone is 3. The van der Waals surface area contributed by atoms with Gasteiger partial charge in [0, 0.05) is 0 Å². The molecule has 170 valence electrons. The number of nitrogens with two attached hydrogens (primary N) is 2. The topological polar surface area (TPSA) is 153 Å². The Hall–Kier alpha value is -4.03. The Labute approximate surface area is 176 Å². The van der Waals surface area contributed by atoms with Gasteiger partial charge in [0.1, 0.15) is 22.9 Å². The molecule has 2 rings (SSSR count). The van der Waals surface area contributed by atoms with Crippen LogP contribution in [0.2, 0.25) is 0 Å². The first kappa shape index (κ1) is 24.2. The molecule has 32 heavy (non-hydrogen) atoms. The van der Waals surface area contributed by atoms with Gasteiger partial charge in [-0.05, 0) is 42.0 Å². The lowest BCUT2D eigenvalue weighted by molar-refractivity contribution is -0.0925. The second-order valence-electron chi connectivity index (χ2n) is 6.32. The van der Waals surface area contributed by atoms with Crippen molar-refractivity contribution in [2.45, 2.75) is 12.4 Å². The van der Waals surface area contributed by atoms with Crippen LogP contribution in [0.5, 0.6) is 11.5 Å². The molecule has 0 unspecified atom stereocenters. The molecular formula is C19H15F6N5O2. The Kier molecular flexibility index (Phi) is 6.52. The van der Waals surface area contributed by atoms with Gasteiger partial charge < -0.3 is 21.7 Å². The summed E-state index contributed by atoms with van der Waals surface area (Å²) in [6.45, 7) is 0. The molecule has 0 fully saturated rings. The molecule has 0 saturated carbocycles. The van der Waals surface area contributed by atoms with E-state index in [2.05, 4.69) is 4.98 Å². The van der Waals surface area contributed by atoms with Crippen LogP contribution in [0.25, 0.3) is 16.8 Å². The van der Waals surface area contributed by atoms with Crippen molar-refractivity contribution < 1.29 is 36.6 Å². The fourth-order valence-electron chi connectivity index (χ4n) is 2.41. The average Bonchev–Trinajstić information content (AvgIpc) is 2.66. The predicted octanol–water partition coefficient (Wildman–Crippen LogP) is 3.81. The highest BCUT2D eigenvalue weighted by Gasteiger charge is 2.33. The van der Waals surface area contributed by atoms with Crippen LogP contribution in [0, 0.1) is 10.8 Å². The second kappa shape index (κ2) is 8.61. The monoisotopic (exact) mass is 459 g/mol. The lowest BCUT2D eigenvalue weighted by Gasteiger charge is -2.13. The molecule has 13 heteroatoms. The van der Waals surface area contributed by atoms with Gasteiger partial charge in [0.25, 0.3) is 0 Å². The molecule has 0 atom stereocenters. The summed E-state index contributed by atoms with van der Waals surface area (Å²) in [5.74, 6) is -0.953. The van der Waals surface area contributed by atoms with Gasteiger partial charge in [-0.3, -0.25) is 10.8 Å². The van der Waals surface area contributed by atoms with Crippen LogP contribution >= 0.6 is 0 Å². The number of pyridine rings is 1. The Morgan fingerprint density at radius 3 is 1.91 bits per heavy atom. The van der Waals surface area contributed by atoms with Crippen LogP contribution in [-0.4, -0.2) is 39.0 Å². The molecule has 1 heterocycles. The first-order valence-electron chi connectivity index (χ1n) is 8.41. The summed E-state index contributed by atoms with van der Waals surface area (Å²) < 4.78 is 76.1. The summed E-state index contributed by atoms with van der Waals surface area (Å²) in [6, 6.07) is 5.65. The number of aromatic nitrogens is 1. The van der Waals surface area contributed by atoms with Crippen LogP contribution in [-0.2, 0) is 0 Å². The minimum Gasteiger partial charge on any atom is -0.507 e. The highest BCUT2D eigenvalue weighted by molar-refractivity contribution is 6.07. The molecule has 7 nitrogen and oxygen atoms in total. The number of phenolic OH excluding ortho intramolecular Hbond substituents is 2. The van der Waals surface area contributed by atoms with Gasteiger partial charge in [0.15, 0.2) is 0 Å². The standard InChI is InChI=1S/C19H15F6N5O2/c20-18(21,22)15(28)6-9(26)11-4-8(17-13(31)2-1-3-14(17)32)5-12(30-11)10(27)7-16(29)19(23,24)25/h1-7,26,29,31-32H,27-28H2/b10-7-,15-6?,26-9?,29-16?. The molecule has 0 amide bonds. The van der Waals surface area contributed by atoms with E-state index in [9.17, 15) is 36.6 Å². The smallest absolute Gasteiger partial charge is 0.432 e. The van der Waals surface area contributed by atoms with Crippen LogP contribution in [0.3, 0.4) is 0 Å². The van der Waals surface area contributed by atoms with Gasteiger partial charge in [0.05, 0.1) is 28.4 Å². The van der Waals surface area contributed by atoms with E-state index < -0.39 is 58.1 Å². The number of nitrogens with one attached hydrogen (secondary N) is 2. The summed E-state index contributed by atoms with van der Waals surface area (Å²) in [4.78, 5) is 3.78. The molecule has 1 aromatic carbocycles. The Balaban J connectivity index is 2.73. The maximum absolute atomic E-state index is 12.7. The Bertz CT molecular complexity index is 1120. The van der Waals surface area contributed by atoms with E-state index in [1.54, 1.807) is 0 Å². The Morgan fingerprint density at radius 2 is 1.41 bits per heavy atom. The average molecular weight is 459 g/mol. The van der Waals surface area contributed by atoms with Gasteiger partial charge in [-0.15, -0.1) is 0 Å². The molecule has 0 saturated heterocycles. The molecule has 2 aromatic rings. The molecule has 0 spiro atoms. The van der Waals surface area contributed by atoms with Crippen molar-refractivity contribution in [2.75, 3.05) is 0 Å². The molecular weight excluding hydrogens is 444 g/mol. The normalized spacial score (nSPS) is 13.2. The maximum atomic E-state index is 12.7. The largest absolute Gasteiger partial charge is 0.507 e. The van der Waals surface area contributed by atoms with Crippen LogP contribution in [0.4, 0.5) is 26.3 Å². The van der Waals surface area contributed by atoms with Gasteiger partial charge in [-0.2, -0.15) is 26.3 Å². The van der Waals surface area contributed by atoms with Crippen LogP contribution in [0.1, 0.15) is 11.4 Å². The van der Waals surface area contributed by atoms with Crippen molar-refractivity contribution in [3.8, 4) is 22.6 Å². The van der Waals surface area contributed by atoms with Gasteiger partial charge in [-0.25, -0.2) is 4.98 Å². The zero-order valence-corrected chi connectivity index (χ0v) is 15.8. The first-order chi connectivity index (χ1) is 14.6. The van der Waals surface area contributed by atoms with Crippen LogP contribution in [0.15, 0.2) is 48.2 Å². The third-order valence-electron chi connectivity index (χ3n) is 3.94. The van der Waals surface area contributed by atoms with E-state index in [0.29, 0.717) is 0 Å². The van der Waals surface area contributed by atoms with Crippen molar-refractivity contribution >= 4 is 17.1 Å². The van der Waals surface area contributed by atoms with Gasteiger partial charge in [-0.1, -0.05) is 6.07 Å². The molecule has 0 radical (unpaired) electrons. The van der Waals surface area contributed by atoms with Gasteiger partial charge in [0.2, 0.25) is 0 Å². The van der Waals surface area contributed by atoms with E-state index >= 15 is 0 Å². The highest BCUT2D eigenvalue weighted by Crippen LogP contribution is 2.38. The third kappa shape index (κ3) is 5.56. The molecule has 8 N–H and O–H groups in total. The number of alkyl halides is 6. The lowest BCUT2D eigenvalue weighted by Crippen LogP contribution is -2.21. The summed E-state index contributed by atoms with van der Waals surface area (Å²) in [5.41, 5.74) is 4.11. The number of phenols is 2. The van der Waals surface area contributed by atoms with E-state index in [1.165, 1.54) is 18.2 Å². The summed E-state index contributed by atoms with van der Waals surface area (Å²) in [7, 11) is 0. The summed E-state index contributed by atoms with van der Waals surface area (Å²) in [6.07, 6.45) is -9.52. The number of hydrogen-bond acceptors (Lipinski definition) is 7. The molecule has 1 aromatic heterocycles. The number of benzene rings is 1. The van der Waals surface area contributed by atoms with Crippen molar-refractivity contribution in [2.24, 2.45) is 11.5 Å². The second-order valence-corrected chi connectivity index (χ2v) is 6.32. The molecule has 0 aliphatic carbocycles. The number of hydrogen-bond donors (Lipinski definition) is 6. The zero-order chi connectivity index (χ0) is 24.4. The fraction of sp³-hybridized carbons (Fsp3) is 0.105. The van der Waals surface area contributed by atoms with Crippen molar-refractivity contribution in [1.82, 2.24) is 4.98 Å². The minimum atomic E-state index is -5.03. The van der Waals surface area contributed by atoms with E-state index in [0.717, 1.165) is 12.1 Å². The fourth-order valence-corrected chi connectivity index (χ4v) is 2.41. The number of rotatable bonds is 5. The summed E-state index contributed by atoms with van der Waals surface area (Å²) >= 11 is 0. The Morgan fingerprint density at radius 1 is 0.875 bits per heavy atom. The summed E-state index contributed by atoms with van der Waals surface area (Å²) in [5, 5.41) is 35.0. The van der Waals surface area contributed by atoms with E-state index in [-0.39, 0.29) is 23.3 Å². The van der Waals surface area contributed by atoms with Gasteiger partial charge >= 0.3 is 12.4 Å². The van der Waals surface area contributed by atoms with Crippen molar-refractivity contribution in [1.29, 1.82) is 10.8 Å². The predicted molar refractivity (Wildman–Crippen MR) is 104 cm³/mol. The first-order valence-corrected chi connectivity index (χ1v) is 8.41. The van der Waals surface area contributed by atoms with Crippen molar-refractivity contribution in [3.05, 3.63) is 59.6 Å². The number of aromatic hydroxyl groups is 2. The number of halogens is 6. The maximum Gasteiger partial charge on any atom is 0.432 e. The zero-order valence-electron chi connectivity index (χ0n) is 15.8. The van der Waals surface area contributed by atoms with Crippen LogP contribution < -0.4 is 11.5 Å². The van der Waals surface area contributed by atoms with Crippen molar-refractivity contribution in [3.63, 3.8) is 0 Å². The molecule has 0 aliphatic heterocycles. The SMILES string of the molecule is N=C(C=C(N)C(F)(F)F)c1cc(-c2c(O)cccc2O)cc(/C(N)=C/C(=N)C(F)(F)F)n1.